The van der Waals surface area contributed by atoms with Gasteiger partial charge in [0.25, 0.3) is 0 Å². The van der Waals surface area contributed by atoms with Crippen molar-refractivity contribution in [1.82, 2.24) is 0 Å². The van der Waals surface area contributed by atoms with Gasteiger partial charge < -0.3 is 11.7 Å². The van der Waals surface area contributed by atoms with Crippen LogP contribution in [-0.2, 0) is 0 Å². The van der Waals surface area contributed by atoms with Crippen LogP contribution in [0, 0.1) is 20.2 Å². The monoisotopic (exact) mass is 388 g/mol. The molecular weight excluding hydrogens is 386 g/mol. The molecule has 0 amide bonds. The van der Waals surface area contributed by atoms with E-state index in [0.29, 0.717) is 0 Å². The number of hydrogen-bond donors (Lipinski definition) is 0. The first-order valence-corrected chi connectivity index (χ1v) is 1.18. The summed E-state index contributed by atoms with van der Waals surface area (Å²) in [5.74, 6) is 10.6. The first kappa shape index (κ1) is 22.9. The van der Waals surface area contributed by atoms with Gasteiger partial charge >= 0.3 is 138 Å². The number of hydrogen-bond acceptors (Lipinski definition) is 4. The van der Waals surface area contributed by atoms with Crippen molar-refractivity contribution in [1.29, 1.82) is 0 Å². The Bertz CT molecular complexity index is 73.3. The minimum absolute atomic E-state index is 0. The molecule has 0 saturated heterocycles. The van der Waals surface area contributed by atoms with E-state index >= 15 is 0 Å². The second kappa shape index (κ2) is 17.6. The second-order valence-corrected chi connectivity index (χ2v) is 0.514. The molecule has 0 atom stereocenters. The molecule has 0 heterocycles. The summed E-state index contributed by atoms with van der Waals surface area (Å²) in [7, 11) is 0. The van der Waals surface area contributed by atoms with Gasteiger partial charge in [-0.3, -0.25) is 20.2 Å². The summed E-state index contributed by atoms with van der Waals surface area (Å²) < 4.78 is 0. The van der Waals surface area contributed by atoms with E-state index < -0.39 is 10.1 Å². The van der Waals surface area contributed by atoms with Gasteiger partial charge in [-0.1, -0.05) is 0 Å². The van der Waals surface area contributed by atoms with Crippen molar-refractivity contribution in [2.45, 2.75) is 0 Å². The Morgan fingerprint density at radius 3 is 0.900 bits per heavy atom. The molecular formula is H2Cs2N4O4. The van der Waals surface area contributed by atoms with Crippen molar-refractivity contribution < 1.29 is 148 Å². The third-order valence-corrected chi connectivity index (χ3v) is 0. The fraction of sp³-hybridized carbons (Fsp3) is 0. The van der Waals surface area contributed by atoms with Crippen molar-refractivity contribution >= 4 is 0 Å². The molecule has 0 aromatic heterocycles. The van der Waals surface area contributed by atoms with Crippen LogP contribution in [0.3, 0.4) is 0 Å². The van der Waals surface area contributed by atoms with Crippen LogP contribution in [-0.4, -0.2) is 10.1 Å². The normalized spacial score (nSPS) is 4.80. The molecule has 0 saturated carbocycles. The van der Waals surface area contributed by atoms with Crippen LogP contribution in [0.2, 0.25) is 0 Å². The number of rotatable bonds is 0. The molecule has 10 heavy (non-hydrogen) atoms. The van der Waals surface area contributed by atoms with Gasteiger partial charge in [0.1, 0.15) is 0 Å². The van der Waals surface area contributed by atoms with E-state index in [4.69, 9.17) is 31.9 Å². The zero-order valence-electron chi connectivity index (χ0n) is 5.53. The standard InChI is InChI=1S/2Cs.2HN2O2/c;;2*1-2(3)4/h;;2*1H/q2*+1;2*-1. The third-order valence-electron chi connectivity index (χ3n) is 0. The van der Waals surface area contributed by atoms with Crippen LogP contribution < -0.4 is 138 Å². The van der Waals surface area contributed by atoms with Crippen molar-refractivity contribution in [2.75, 3.05) is 0 Å². The maximum Gasteiger partial charge on any atom is 1.00 e. The largest absolute Gasteiger partial charge is 1.00 e. The molecule has 0 radical (unpaired) electrons. The Morgan fingerprint density at radius 2 is 0.900 bits per heavy atom. The minimum atomic E-state index is -1.25. The van der Waals surface area contributed by atoms with Gasteiger partial charge in [-0.2, -0.15) is 0 Å². The van der Waals surface area contributed by atoms with Gasteiger partial charge in [0.2, 0.25) is 0 Å². The van der Waals surface area contributed by atoms with Crippen LogP contribution in [0.4, 0.5) is 0 Å². The second-order valence-electron chi connectivity index (χ2n) is 0.514. The zero-order valence-corrected chi connectivity index (χ0v) is 18.1. The van der Waals surface area contributed by atoms with Gasteiger partial charge in [-0.15, -0.1) is 0 Å². The molecule has 0 aromatic carbocycles. The van der Waals surface area contributed by atoms with E-state index in [0.717, 1.165) is 0 Å². The predicted molar refractivity (Wildman–Crippen MR) is 22.6 cm³/mol. The summed E-state index contributed by atoms with van der Waals surface area (Å²) in [6.45, 7) is 0. The smallest absolute Gasteiger partial charge is 0.393 e. The number of nitrogens with zero attached hydrogens (tertiary/aromatic N) is 2. The molecule has 0 aliphatic heterocycles. The maximum atomic E-state index is 8.47. The summed E-state index contributed by atoms with van der Waals surface area (Å²) in [6.07, 6.45) is 0. The van der Waals surface area contributed by atoms with E-state index in [2.05, 4.69) is 0 Å². The molecule has 0 spiro atoms. The fourth-order valence-electron chi connectivity index (χ4n) is 0. The molecule has 10 heteroatoms. The Morgan fingerprint density at radius 1 is 0.900 bits per heavy atom. The van der Waals surface area contributed by atoms with E-state index in [1.54, 1.807) is 0 Å². The van der Waals surface area contributed by atoms with Gasteiger partial charge in [0.15, 0.2) is 0 Å². The molecule has 0 unspecified atom stereocenters. The van der Waals surface area contributed by atoms with Crippen LogP contribution in [0.25, 0.3) is 11.7 Å². The van der Waals surface area contributed by atoms with Gasteiger partial charge in [0.05, 0.1) is 0 Å². The van der Waals surface area contributed by atoms with Crippen molar-refractivity contribution in [3.05, 3.63) is 31.9 Å². The summed E-state index contributed by atoms with van der Waals surface area (Å²) in [5.41, 5.74) is 0. The molecule has 0 fully saturated rings. The van der Waals surface area contributed by atoms with E-state index in [-0.39, 0.29) is 138 Å². The molecule has 0 aliphatic carbocycles. The molecule has 8 nitrogen and oxygen atoms in total. The molecule has 0 rings (SSSR count). The molecule has 0 aromatic rings. The quantitative estimate of drug-likeness (QED) is 0.302. The van der Waals surface area contributed by atoms with Crippen molar-refractivity contribution in [2.24, 2.45) is 0 Å². The Balaban J connectivity index is -0.0000000300. The number of nitro groups is 2. The number of nitrogens with one attached hydrogen (secondary N) is 2. The van der Waals surface area contributed by atoms with Gasteiger partial charge in [0, 0.05) is 0 Å². The van der Waals surface area contributed by atoms with Gasteiger partial charge in [-0.25, -0.2) is 0 Å². The van der Waals surface area contributed by atoms with Gasteiger partial charge in [-0.05, 0) is 10.1 Å². The first-order chi connectivity index (χ1) is 3.46. The Labute approximate surface area is 174 Å². The topological polar surface area (TPSA) is 134 Å². The molecule has 0 bridgehead atoms. The minimum Gasteiger partial charge on any atom is -0.393 e. The third kappa shape index (κ3) is 151. The molecule has 2 N–H and O–H groups in total. The molecule has 0 aliphatic rings. The van der Waals surface area contributed by atoms with E-state index in [1.165, 1.54) is 0 Å². The summed E-state index contributed by atoms with van der Waals surface area (Å²) in [6, 6.07) is 0. The van der Waals surface area contributed by atoms with Crippen molar-refractivity contribution in [3.63, 3.8) is 0 Å². The maximum absolute atomic E-state index is 8.47. The van der Waals surface area contributed by atoms with Crippen LogP contribution >= 0.6 is 0 Å². The SMILES string of the molecule is [Cs+].[Cs+].[NH-][N+](=O)[O-].[NH-][N+](=O)[O-]. The van der Waals surface area contributed by atoms with E-state index in [1.807, 2.05) is 0 Å². The van der Waals surface area contributed by atoms with Crippen LogP contribution in [0.15, 0.2) is 0 Å². The summed E-state index contributed by atoms with van der Waals surface area (Å²) in [5, 5.41) is 14.4. The molecule has 48 valence electrons. The Hall–Kier alpha value is 2.50. The zero-order chi connectivity index (χ0) is 7.15. The fourth-order valence-corrected chi connectivity index (χ4v) is 0. The van der Waals surface area contributed by atoms with Crippen LogP contribution in [0.5, 0.6) is 0 Å². The van der Waals surface area contributed by atoms with E-state index in [9.17, 15) is 0 Å². The average molecular weight is 388 g/mol. The Kier molecular flexibility index (Phi) is 40.2. The van der Waals surface area contributed by atoms with Crippen LogP contribution in [0.1, 0.15) is 0 Å². The summed E-state index contributed by atoms with van der Waals surface area (Å²) >= 11 is 0. The average Bonchev–Trinajstić information content (AvgIpc) is 1.25. The summed E-state index contributed by atoms with van der Waals surface area (Å²) in [4.78, 5) is 16.9. The predicted octanol–water partition coefficient (Wildman–Crippen LogP) is -5.53. The first-order valence-electron chi connectivity index (χ1n) is 1.18. The van der Waals surface area contributed by atoms with Crippen molar-refractivity contribution in [3.8, 4) is 0 Å².